The molecule has 0 radical (unpaired) electrons. The Labute approximate surface area is 197 Å². The lowest BCUT2D eigenvalue weighted by Crippen LogP contribution is -2.34. The number of carbonyl (C=O) groups is 2. The fraction of sp³-hybridized carbons (Fsp3) is 0.231. The minimum atomic E-state index is -0.560. The first-order valence-electron chi connectivity index (χ1n) is 11.2. The van der Waals surface area contributed by atoms with Crippen molar-refractivity contribution < 1.29 is 14.3 Å². The van der Waals surface area contributed by atoms with Crippen LogP contribution in [-0.4, -0.2) is 32.7 Å². The summed E-state index contributed by atoms with van der Waals surface area (Å²) in [6.07, 6.45) is 1.12. The number of hydrogen-bond acceptors (Lipinski definition) is 5. The molecule has 2 N–H and O–H groups in total. The molecule has 0 aliphatic carbocycles. The van der Waals surface area contributed by atoms with Crippen molar-refractivity contribution in [1.29, 1.82) is 0 Å². The number of nitrogens with one attached hydrogen (secondary N) is 2. The Kier molecular flexibility index (Phi) is 5.28. The van der Waals surface area contributed by atoms with Gasteiger partial charge in [0.1, 0.15) is 5.75 Å². The van der Waals surface area contributed by atoms with Gasteiger partial charge in [-0.15, -0.1) is 0 Å². The lowest BCUT2D eigenvalue weighted by Gasteiger charge is -2.23. The maximum atomic E-state index is 13.5. The van der Waals surface area contributed by atoms with Crippen LogP contribution in [0.1, 0.15) is 42.7 Å². The van der Waals surface area contributed by atoms with Gasteiger partial charge in [-0.2, -0.15) is 5.10 Å². The van der Waals surface area contributed by atoms with E-state index in [2.05, 4.69) is 15.7 Å². The van der Waals surface area contributed by atoms with Crippen LogP contribution in [0.5, 0.6) is 5.75 Å². The molecule has 5 rings (SSSR count). The highest BCUT2D eigenvalue weighted by Crippen LogP contribution is 2.33. The molecule has 34 heavy (non-hydrogen) atoms. The molecular formula is C26H25N5O3. The van der Waals surface area contributed by atoms with Crippen molar-refractivity contribution in [3.63, 3.8) is 0 Å². The number of aryl methyl sites for hydroxylation is 1. The summed E-state index contributed by atoms with van der Waals surface area (Å²) >= 11 is 0. The summed E-state index contributed by atoms with van der Waals surface area (Å²) < 4.78 is 7.42. The van der Waals surface area contributed by atoms with E-state index in [0.717, 1.165) is 11.1 Å². The van der Waals surface area contributed by atoms with E-state index in [0.29, 0.717) is 39.4 Å². The number of fused-ring (bicyclic) bond motifs is 2. The summed E-state index contributed by atoms with van der Waals surface area (Å²) in [6.45, 7) is 7.76. The van der Waals surface area contributed by atoms with E-state index >= 15 is 0 Å². The second-order valence-electron chi connectivity index (χ2n) is 8.70. The zero-order valence-corrected chi connectivity index (χ0v) is 19.4. The van der Waals surface area contributed by atoms with E-state index in [9.17, 15) is 9.59 Å². The molecular weight excluding hydrogens is 430 g/mol. The van der Waals surface area contributed by atoms with Crippen LogP contribution in [0.15, 0.2) is 54.7 Å². The molecule has 0 fully saturated rings. The summed E-state index contributed by atoms with van der Waals surface area (Å²) in [5.41, 5.74) is 4.92. The van der Waals surface area contributed by atoms with Gasteiger partial charge in [-0.25, -0.2) is 9.67 Å². The number of amides is 2. The molecule has 1 atom stereocenters. The number of nitrogens with zero attached hydrogens (tertiary/aromatic N) is 3. The standard InChI is InChI=1S/C26H25N5O3/c1-14(2)31-24-20(13-27-31)19(12-21(29-24)18-8-6-5-7-15(18)3)26(33)28-17-9-10-23-22(11-17)30-25(32)16(4)34-23/h5-14,16H,1-4H3,(H,28,33)(H,30,32). The Hall–Kier alpha value is -4.20. The molecule has 1 aliphatic heterocycles. The van der Waals surface area contributed by atoms with Crippen molar-refractivity contribution in [2.24, 2.45) is 0 Å². The van der Waals surface area contributed by atoms with Crippen LogP contribution in [0.2, 0.25) is 0 Å². The maximum Gasteiger partial charge on any atom is 0.265 e. The first-order valence-corrected chi connectivity index (χ1v) is 11.2. The molecule has 2 aromatic heterocycles. The van der Waals surface area contributed by atoms with Crippen molar-refractivity contribution >= 4 is 34.2 Å². The number of rotatable bonds is 4. The fourth-order valence-corrected chi connectivity index (χ4v) is 4.07. The third-order valence-corrected chi connectivity index (χ3v) is 5.89. The van der Waals surface area contributed by atoms with E-state index in [1.807, 2.05) is 49.7 Å². The van der Waals surface area contributed by atoms with Gasteiger partial charge in [0.15, 0.2) is 11.8 Å². The second-order valence-corrected chi connectivity index (χ2v) is 8.70. The molecule has 0 spiro atoms. The minimum absolute atomic E-state index is 0.0830. The quantitative estimate of drug-likeness (QED) is 0.453. The molecule has 1 unspecified atom stereocenters. The fourth-order valence-electron chi connectivity index (χ4n) is 4.07. The van der Waals surface area contributed by atoms with Crippen LogP contribution < -0.4 is 15.4 Å². The number of aromatic nitrogens is 3. The Morgan fingerprint density at radius 3 is 2.74 bits per heavy atom. The summed E-state index contributed by atoms with van der Waals surface area (Å²) in [5, 5.41) is 10.9. The van der Waals surface area contributed by atoms with E-state index in [-0.39, 0.29) is 17.9 Å². The van der Waals surface area contributed by atoms with E-state index in [1.165, 1.54) is 0 Å². The van der Waals surface area contributed by atoms with Gasteiger partial charge in [0.25, 0.3) is 11.8 Å². The van der Waals surface area contributed by atoms with Crippen LogP contribution in [0.4, 0.5) is 11.4 Å². The minimum Gasteiger partial charge on any atom is -0.479 e. The number of hydrogen-bond donors (Lipinski definition) is 2. The summed E-state index contributed by atoms with van der Waals surface area (Å²) in [7, 11) is 0. The molecule has 0 saturated carbocycles. The summed E-state index contributed by atoms with van der Waals surface area (Å²) in [4.78, 5) is 30.3. The molecule has 8 nitrogen and oxygen atoms in total. The lowest BCUT2D eigenvalue weighted by molar-refractivity contribution is -0.122. The normalized spacial score (nSPS) is 15.1. The number of benzene rings is 2. The predicted molar refractivity (Wildman–Crippen MR) is 131 cm³/mol. The van der Waals surface area contributed by atoms with Gasteiger partial charge in [0, 0.05) is 17.3 Å². The van der Waals surface area contributed by atoms with Crippen molar-refractivity contribution in [2.75, 3.05) is 10.6 Å². The Balaban J connectivity index is 1.56. The van der Waals surface area contributed by atoms with Crippen molar-refractivity contribution in [3.05, 3.63) is 65.9 Å². The average Bonchev–Trinajstić information content (AvgIpc) is 3.24. The first kappa shape index (κ1) is 21.6. The highest BCUT2D eigenvalue weighted by atomic mass is 16.5. The van der Waals surface area contributed by atoms with Gasteiger partial charge < -0.3 is 15.4 Å². The molecule has 0 saturated heterocycles. The molecule has 8 heteroatoms. The van der Waals surface area contributed by atoms with Gasteiger partial charge in [0.05, 0.1) is 28.5 Å². The summed E-state index contributed by atoms with van der Waals surface area (Å²) in [5.74, 6) is 0.0501. The zero-order valence-electron chi connectivity index (χ0n) is 19.4. The first-order chi connectivity index (χ1) is 16.3. The highest BCUT2D eigenvalue weighted by molar-refractivity contribution is 6.13. The Morgan fingerprint density at radius 1 is 1.18 bits per heavy atom. The van der Waals surface area contributed by atoms with E-state index in [1.54, 1.807) is 37.4 Å². The van der Waals surface area contributed by atoms with Crippen LogP contribution in [0.25, 0.3) is 22.3 Å². The number of ether oxygens (including phenoxy) is 1. The average molecular weight is 456 g/mol. The number of anilines is 2. The molecule has 2 amide bonds. The number of carbonyl (C=O) groups excluding carboxylic acids is 2. The highest BCUT2D eigenvalue weighted by Gasteiger charge is 2.24. The Bertz CT molecular complexity index is 1440. The molecule has 1 aliphatic rings. The number of pyridine rings is 1. The SMILES string of the molecule is Cc1ccccc1-c1cc(C(=O)Nc2ccc3c(c2)NC(=O)C(C)O3)c2cnn(C(C)C)c2n1. The van der Waals surface area contributed by atoms with Gasteiger partial charge in [-0.05, 0) is 57.5 Å². The molecule has 2 aromatic carbocycles. The molecule has 172 valence electrons. The third kappa shape index (κ3) is 3.77. The largest absolute Gasteiger partial charge is 0.479 e. The topological polar surface area (TPSA) is 98.1 Å². The van der Waals surface area contributed by atoms with Crippen molar-refractivity contribution in [2.45, 2.75) is 39.8 Å². The Morgan fingerprint density at radius 2 is 1.97 bits per heavy atom. The smallest absolute Gasteiger partial charge is 0.265 e. The van der Waals surface area contributed by atoms with Crippen LogP contribution in [-0.2, 0) is 4.79 Å². The summed E-state index contributed by atoms with van der Waals surface area (Å²) in [6, 6.07) is 15.0. The maximum absolute atomic E-state index is 13.5. The van der Waals surface area contributed by atoms with E-state index < -0.39 is 6.10 Å². The zero-order chi connectivity index (χ0) is 24.0. The van der Waals surface area contributed by atoms with Gasteiger partial charge in [-0.1, -0.05) is 24.3 Å². The van der Waals surface area contributed by atoms with E-state index in [4.69, 9.17) is 9.72 Å². The second kappa shape index (κ2) is 8.30. The molecule has 0 bridgehead atoms. The molecule has 3 heterocycles. The lowest BCUT2D eigenvalue weighted by atomic mass is 10.0. The van der Waals surface area contributed by atoms with Crippen LogP contribution in [0.3, 0.4) is 0 Å². The van der Waals surface area contributed by atoms with Crippen LogP contribution >= 0.6 is 0 Å². The van der Waals surface area contributed by atoms with Crippen molar-refractivity contribution in [1.82, 2.24) is 14.8 Å². The third-order valence-electron chi connectivity index (χ3n) is 5.89. The van der Waals surface area contributed by atoms with Gasteiger partial charge in [0.2, 0.25) is 0 Å². The van der Waals surface area contributed by atoms with Crippen molar-refractivity contribution in [3.8, 4) is 17.0 Å². The predicted octanol–water partition coefficient (Wildman–Crippen LogP) is 4.96. The van der Waals surface area contributed by atoms with Crippen LogP contribution in [0, 0.1) is 6.92 Å². The monoisotopic (exact) mass is 455 g/mol. The van der Waals surface area contributed by atoms with Gasteiger partial charge in [-0.3, -0.25) is 9.59 Å². The van der Waals surface area contributed by atoms with Gasteiger partial charge >= 0.3 is 0 Å². The molecule has 4 aromatic rings.